The summed E-state index contributed by atoms with van der Waals surface area (Å²) in [6, 6.07) is 11.4. The molecule has 0 spiro atoms. The highest BCUT2D eigenvalue weighted by molar-refractivity contribution is 6.33. The van der Waals surface area contributed by atoms with Crippen molar-refractivity contribution in [3.05, 3.63) is 71.5 Å². The lowest BCUT2D eigenvalue weighted by Crippen LogP contribution is -2.04. The zero-order chi connectivity index (χ0) is 16.4. The van der Waals surface area contributed by atoms with Crippen LogP contribution in [0.4, 0.5) is 4.39 Å². The molecule has 0 unspecified atom stereocenters. The SMILES string of the molecule is C=CCOC(=O)c1ccc2[nH]c(-c3c(F)cccc3Cl)cc2c1. The first-order valence-electron chi connectivity index (χ1n) is 6.95. The Balaban J connectivity index is 2.03. The van der Waals surface area contributed by atoms with Crippen LogP contribution in [0.1, 0.15) is 10.4 Å². The number of carbonyl (C=O) groups is 1. The van der Waals surface area contributed by atoms with E-state index in [1.165, 1.54) is 12.1 Å². The molecule has 5 heteroatoms. The Morgan fingerprint density at radius 1 is 1.30 bits per heavy atom. The molecule has 0 aliphatic rings. The van der Waals surface area contributed by atoms with Crippen molar-refractivity contribution in [1.29, 1.82) is 0 Å². The Kier molecular flexibility index (Phi) is 4.17. The summed E-state index contributed by atoms with van der Waals surface area (Å²) in [4.78, 5) is 15.0. The third-order valence-corrected chi connectivity index (χ3v) is 3.74. The number of ether oxygens (including phenoxy) is 1. The highest BCUT2D eigenvalue weighted by Crippen LogP contribution is 2.32. The number of carbonyl (C=O) groups excluding carboxylic acids is 1. The molecule has 3 aromatic rings. The average Bonchev–Trinajstić information content (AvgIpc) is 2.94. The Hall–Kier alpha value is -2.59. The topological polar surface area (TPSA) is 42.1 Å². The van der Waals surface area contributed by atoms with Gasteiger partial charge in [-0.25, -0.2) is 9.18 Å². The molecular weight excluding hydrogens is 317 g/mol. The summed E-state index contributed by atoms with van der Waals surface area (Å²) in [7, 11) is 0. The van der Waals surface area contributed by atoms with Crippen LogP contribution < -0.4 is 0 Å². The number of benzene rings is 2. The first-order chi connectivity index (χ1) is 11.1. The summed E-state index contributed by atoms with van der Waals surface area (Å²) in [5.41, 5.74) is 2.06. The van der Waals surface area contributed by atoms with E-state index in [0.717, 1.165) is 10.9 Å². The van der Waals surface area contributed by atoms with Crippen molar-refractivity contribution in [2.24, 2.45) is 0 Å². The van der Waals surface area contributed by atoms with Crippen LogP contribution in [0.25, 0.3) is 22.2 Å². The van der Waals surface area contributed by atoms with Gasteiger partial charge in [0.1, 0.15) is 12.4 Å². The van der Waals surface area contributed by atoms with Crippen molar-refractivity contribution in [2.75, 3.05) is 6.61 Å². The lowest BCUT2D eigenvalue weighted by atomic mass is 10.1. The fourth-order valence-electron chi connectivity index (χ4n) is 2.37. The molecular formula is C18H13ClFNO2. The van der Waals surface area contributed by atoms with E-state index >= 15 is 0 Å². The second-order valence-electron chi connectivity index (χ2n) is 4.97. The van der Waals surface area contributed by atoms with Gasteiger partial charge in [0.15, 0.2) is 0 Å². The molecule has 0 fully saturated rings. The molecule has 3 rings (SSSR count). The fraction of sp³-hybridized carbons (Fsp3) is 0.0556. The molecule has 23 heavy (non-hydrogen) atoms. The standard InChI is InChI=1S/C18H13ClFNO2/c1-2-8-23-18(22)11-6-7-15-12(9-11)10-16(21-15)17-13(19)4-3-5-14(17)20/h2-7,9-10,21H,1,8H2. The summed E-state index contributed by atoms with van der Waals surface area (Å²) >= 11 is 6.09. The van der Waals surface area contributed by atoms with E-state index in [2.05, 4.69) is 11.6 Å². The summed E-state index contributed by atoms with van der Waals surface area (Å²) in [6.07, 6.45) is 1.50. The Labute approximate surface area is 137 Å². The molecule has 1 aromatic heterocycles. The predicted molar refractivity (Wildman–Crippen MR) is 89.2 cm³/mol. The zero-order valence-corrected chi connectivity index (χ0v) is 12.9. The minimum Gasteiger partial charge on any atom is -0.458 e. The molecule has 0 saturated heterocycles. The van der Waals surface area contributed by atoms with E-state index in [1.54, 1.807) is 36.4 Å². The number of fused-ring (bicyclic) bond motifs is 1. The smallest absolute Gasteiger partial charge is 0.338 e. The molecule has 0 aliphatic heterocycles. The average molecular weight is 330 g/mol. The maximum atomic E-state index is 14.0. The number of rotatable bonds is 4. The molecule has 3 nitrogen and oxygen atoms in total. The van der Waals surface area contributed by atoms with Crippen molar-refractivity contribution in [3.8, 4) is 11.3 Å². The van der Waals surface area contributed by atoms with Crippen molar-refractivity contribution in [3.63, 3.8) is 0 Å². The van der Waals surface area contributed by atoms with E-state index in [9.17, 15) is 9.18 Å². The first kappa shape index (κ1) is 15.3. The fourth-order valence-corrected chi connectivity index (χ4v) is 2.63. The number of H-pyrrole nitrogens is 1. The highest BCUT2D eigenvalue weighted by Gasteiger charge is 2.14. The number of hydrogen-bond donors (Lipinski definition) is 1. The van der Waals surface area contributed by atoms with Gasteiger partial charge in [0, 0.05) is 10.9 Å². The molecule has 116 valence electrons. The minimum absolute atomic E-state index is 0.153. The molecule has 2 aromatic carbocycles. The largest absolute Gasteiger partial charge is 0.458 e. The number of nitrogens with one attached hydrogen (secondary N) is 1. The van der Waals surface area contributed by atoms with Gasteiger partial charge in [-0.2, -0.15) is 0 Å². The molecule has 1 N–H and O–H groups in total. The Morgan fingerprint density at radius 2 is 2.13 bits per heavy atom. The number of hydrogen-bond acceptors (Lipinski definition) is 2. The van der Waals surface area contributed by atoms with Crippen molar-refractivity contribution >= 4 is 28.5 Å². The van der Waals surface area contributed by atoms with Gasteiger partial charge in [0.05, 0.1) is 21.8 Å². The Morgan fingerprint density at radius 3 is 2.87 bits per heavy atom. The minimum atomic E-state index is -0.432. The maximum absolute atomic E-state index is 14.0. The quantitative estimate of drug-likeness (QED) is 0.542. The van der Waals surface area contributed by atoms with Gasteiger partial charge in [0.25, 0.3) is 0 Å². The molecule has 0 saturated carbocycles. The predicted octanol–water partition coefficient (Wildman–Crippen LogP) is 4.97. The van der Waals surface area contributed by atoms with Crippen LogP contribution >= 0.6 is 11.6 Å². The van der Waals surface area contributed by atoms with Crippen LogP contribution in [0.2, 0.25) is 5.02 Å². The normalized spacial score (nSPS) is 10.7. The number of aromatic amines is 1. The van der Waals surface area contributed by atoms with Crippen LogP contribution in [0.5, 0.6) is 0 Å². The van der Waals surface area contributed by atoms with E-state index in [4.69, 9.17) is 16.3 Å². The third-order valence-electron chi connectivity index (χ3n) is 3.42. The molecule has 1 heterocycles. The maximum Gasteiger partial charge on any atom is 0.338 e. The van der Waals surface area contributed by atoms with Crippen LogP contribution in [-0.2, 0) is 4.74 Å². The molecule has 0 atom stereocenters. The van der Waals surface area contributed by atoms with Crippen LogP contribution in [0.3, 0.4) is 0 Å². The lowest BCUT2D eigenvalue weighted by molar-refractivity contribution is 0.0550. The van der Waals surface area contributed by atoms with Crippen molar-refractivity contribution < 1.29 is 13.9 Å². The first-order valence-corrected chi connectivity index (χ1v) is 7.33. The lowest BCUT2D eigenvalue weighted by Gasteiger charge is -2.02. The number of halogens is 2. The van der Waals surface area contributed by atoms with E-state index < -0.39 is 11.8 Å². The second kappa shape index (κ2) is 6.26. The molecule has 0 radical (unpaired) electrons. The van der Waals surface area contributed by atoms with Gasteiger partial charge >= 0.3 is 5.97 Å². The van der Waals surface area contributed by atoms with Crippen LogP contribution in [-0.4, -0.2) is 17.6 Å². The summed E-state index contributed by atoms with van der Waals surface area (Å²) in [5.74, 6) is -0.840. The van der Waals surface area contributed by atoms with Gasteiger partial charge in [-0.3, -0.25) is 0 Å². The van der Waals surface area contributed by atoms with Crippen molar-refractivity contribution in [2.45, 2.75) is 0 Å². The number of aromatic nitrogens is 1. The molecule has 0 bridgehead atoms. The number of esters is 1. The summed E-state index contributed by atoms with van der Waals surface area (Å²) in [5, 5.41) is 1.09. The van der Waals surface area contributed by atoms with E-state index in [0.29, 0.717) is 21.8 Å². The molecule has 0 aliphatic carbocycles. The summed E-state index contributed by atoms with van der Waals surface area (Å²) in [6.45, 7) is 3.65. The Bertz CT molecular complexity index is 881. The van der Waals surface area contributed by atoms with E-state index in [1.807, 2.05) is 0 Å². The monoisotopic (exact) mass is 329 g/mol. The van der Waals surface area contributed by atoms with Crippen LogP contribution in [0.15, 0.2) is 55.1 Å². The van der Waals surface area contributed by atoms with Gasteiger partial charge in [-0.1, -0.05) is 30.3 Å². The van der Waals surface area contributed by atoms with Gasteiger partial charge in [0.2, 0.25) is 0 Å². The molecule has 0 amide bonds. The van der Waals surface area contributed by atoms with Gasteiger partial charge in [-0.05, 0) is 36.4 Å². The van der Waals surface area contributed by atoms with Crippen LogP contribution in [0, 0.1) is 5.82 Å². The zero-order valence-electron chi connectivity index (χ0n) is 12.1. The van der Waals surface area contributed by atoms with Gasteiger partial charge < -0.3 is 9.72 Å². The van der Waals surface area contributed by atoms with E-state index in [-0.39, 0.29) is 6.61 Å². The van der Waals surface area contributed by atoms with Crippen molar-refractivity contribution in [1.82, 2.24) is 4.98 Å². The summed E-state index contributed by atoms with van der Waals surface area (Å²) < 4.78 is 19.0. The highest BCUT2D eigenvalue weighted by atomic mass is 35.5. The van der Waals surface area contributed by atoms with Gasteiger partial charge in [-0.15, -0.1) is 0 Å². The second-order valence-corrected chi connectivity index (χ2v) is 5.38. The third kappa shape index (κ3) is 2.98.